The molecule has 1 N–H and O–H groups in total. The lowest BCUT2D eigenvalue weighted by Crippen LogP contribution is -2.18. The second-order valence-corrected chi connectivity index (χ2v) is 5.00. The molecule has 3 nitrogen and oxygen atoms in total. The zero-order valence-corrected chi connectivity index (χ0v) is 12.2. The molecule has 2 aromatic rings. The van der Waals surface area contributed by atoms with Crippen LogP contribution < -0.4 is 5.32 Å². The number of nitrogens with zero attached hydrogens (tertiary/aromatic N) is 2. The van der Waals surface area contributed by atoms with E-state index in [1.165, 1.54) is 31.2 Å². The summed E-state index contributed by atoms with van der Waals surface area (Å²) in [5.74, 6) is 1.15. The Morgan fingerprint density at radius 3 is 2.74 bits per heavy atom. The summed E-state index contributed by atoms with van der Waals surface area (Å²) in [4.78, 5) is 4.72. The number of hydrogen-bond acceptors (Lipinski definition) is 2. The molecule has 0 saturated carbocycles. The van der Waals surface area contributed by atoms with Crippen molar-refractivity contribution in [3.05, 3.63) is 30.1 Å². The summed E-state index contributed by atoms with van der Waals surface area (Å²) in [5.41, 5.74) is 2.35. The maximum absolute atomic E-state index is 4.72. The highest BCUT2D eigenvalue weighted by Gasteiger charge is 2.07. The molecule has 1 aromatic carbocycles. The van der Waals surface area contributed by atoms with Crippen molar-refractivity contribution in [2.45, 2.75) is 52.6 Å². The number of imidazole rings is 1. The number of unbranched alkanes of at least 4 members (excludes halogenated alkanes) is 3. The summed E-state index contributed by atoms with van der Waals surface area (Å²) < 4.78 is 2.30. The highest BCUT2D eigenvalue weighted by Crippen LogP contribution is 2.15. The first kappa shape index (κ1) is 14.1. The van der Waals surface area contributed by atoms with Crippen LogP contribution in [-0.4, -0.2) is 16.1 Å². The fourth-order valence-corrected chi connectivity index (χ4v) is 2.49. The standard InChI is InChI=1S/C16H25N3/c1-3-5-6-9-12-17-13-16-18-14-10-7-8-11-15(14)19(16)4-2/h7-8,10-11,17H,3-6,9,12-13H2,1-2H3. The van der Waals surface area contributed by atoms with Gasteiger partial charge in [-0.25, -0.2) is 4.98 Å². The summed E-state index contributed by atoms with van der Waals surface area (Å²) in [6.07, 6.45) is 5.23. The fraction of sp³-hybridized carbons (Fsp3) is 0.562. The molecule has 104 valence electrons. The molecular formula is C16H25N3. The summed E-state index contributed by atoms with van der Waals surface area (Å²) in [6.45, 7) is 7.37. The second kappa shape index (κ2) is 7.29. The number of benzene rings is 1. The lowest BCUT2D eigenvalue weighted by atomic mass is 10.2. The first-order chi connectivity index (χ1) is 9.36. The number of nitrogens with one attached hydrogen (secondary N) is 1. The molecule has 0 aliphatic carbocycles. The van der Waals surface area contributed by atoms with Crippen molar-refractivity contribution in [2.24, 2.45) is 0 Å². The average molecular weight is 259 g/mol. The maximum Gasteiger partial charge on any atom is 0.123 e. The van der Waals surface area contributed by atoms with E-state index in [9.17, 15) is 0 Å². The first-order valence-corrected chi connectivity index (χ1v) is 7.51. The van der Waals surface area contributed by atoms with Crippen molar-refractivity contribution < 1.29 is 0 Å². The van der Waals surface area contributed by atoms with Gasteiger partial charge in [0.05, 0.1) is 17.6 Å². The van der Waals surface area contributed by atoms with Crippen LogP contribution in [0.4, 0.5) is 0 Å². The molecule has 19 heavy (non-hydrogen) atoms. The summed E-state index contributed by atoms with van der Waals surface area (Å²) >= 11 is 0. The molecule has 0 fully saturated rings. The van der Waals surface area contributed by atoms with E-state index in [2.05, 4.69) is 48.0 Å². The van der Waals surface area contributed by atoms with Crippen LogP contribution in [0.1, 0.15) is 45.4 Å². The molecule has 0 unspecified atom stereocenters. The van der Waals surface area contributed by atoms with Crippen LogP contribution in [0.2, 0.25) is 0 Å². The van der Waals surface area contributed by atoms with E-state index in [0.29, 0.717) is 0 Å². The summed E-state index contributed by atoms with van der Waals surface area (Å²) in [7, 11) is 0. The Balaban J connectivity index is 1.93. The topological polar surface area (TPSA) is 29.9 Å². The van der Waals surface area contributed by atoms with Crippen LogP contribution in [0.5, 0.6) is 0 Å². The molecular weight excluding hydrogens is 234 g/mol. The largest absolute Gasteiger partial charge is 0.327 e. The Morgan fingerprint density at radius 1 is 1.11 bits per heavy atom. The van der Waals surface area contributed by atoms with E-state index >= 15 is 0 Å². The van der Waals surface area contributed by atoms with Gasteiger partial charge in [-0.15, -0.1) is 0 Å². The molecule has 1 heterocycles. The number of aryl methyl sites for hydroxylation is 1. The predicted molar refractivity (Wildman–Crippen MR) is 81.3 cm³/mol. The molecule has 0 atom stereocenters. The van der Waals surface area contributed by atoms with Gasteiger partial charge in [-0.1, -0.05) is 38.3 Å². The third kappa shape index (κ3) is 3.57. The minimum atomic E-state index is 0.870. The van der Waals surface area contributed by atoms with Gasteiger partial charge in [0.15, 0.2) is 0 Å². The van der Waals surface area contributed by atoms with Gasteiger partial charge in [0.2, 0.25) is 0 Å². The quantitative estimate of drug-likeness (QED) is 0.732. The third-order valence-corrected chi connectivity index (χ3v) is 3.54. The van der Waals surface area contributed by atoms with Crippen molar-refractivity contribution in [1.29, 1.82) is 0 Å². The van der Waals surface area contributed by atoms with E-state index in [1.54, 1.807) is 0 Å². The van der Waals surface area contributed by atoms with Crippen molar-refractivity contribution in [3.8, 4) is 0 Å². The van der Waals surface area contributed by atoms with Crippen LogP contribution >= 0.6 is 0 Å². The zero-order valence-electron chi connectivity index (χ0n) is 12.2. The number of aromatic nitrogens is 2. The van der Waals surface area contributed by atoms with Crippen molar-refractivity contribution >= 4 is 11.0 Å². The molecule has 2 rings (SSSR count). The molecule has 0 spiro atoms. The molecule has 1 aromatic heterocycles. The Bertz CT molecular complexity index is 502. The van der Waals surface area contributed by atoms with E-state index in [-0.39, 0.29) is 0 Å². The minimum absolute atomic E-state index is 0.870. The minimum Gasteiger partial charge on any atom is -0.327 e. The van der Waals surface area contributed by atoms with E-state index in [1.807, 2.05) is 0 Å². The van der Waals surface area contributed by atoms with E-state index in [0.717, 1.165) is 31.0 Å². The normalized spacial score (nSPS) is 11.3. The lowest BCUT2D eigenvalue weighted by molar-refractivity contribution is 0.573. The van der Waals surface area contributed by atoms with Gasteiger partial charge in [0.1, 0.15) is 5.82 Å². The van der Waals surface area contributed by atoms with Crippen molar-refractivity contribution in [1.82, 2.24) is 14.9 Å². The van der Waals surface area contributed by atoms with Gasteiger partial charge in [0.25, 0.3) is 0 Å². The van der Waals surface area contributed by atoms with Crippen LogP contribution in [0.3, 0.4) is 0 Å². The van der Waals surface area contributed by atoms with Crippen LogP contribution in [-0.2, 0) is 13.1 Å². The molecule has 0 bridgehead atoms. The molecule has 0 amide bonds. The highest BCUT2D eigenvalue weighted by molar-refractivity contribution is 5.75. The summed E-state index contributed by atoms with van der Waals surface area (Å²) in [6, 6.07) is 8.37. The van der Waals surface area contributed by atoms with E-state index in [4.69, 9.17) is 4.98 Å². The molecule has 3 heteroatoms. The number of rotatable bonds is 8. The lowest BCUT2D eigenvalue weighted by Gasteiger charge is -2.07. The fourth-order valence-electron chi connectivity index (χ4n) is 2.49. The van der Waals surface area contributed by atoms with Gasteiger partial charge in [-0.05, 0) is 32.0 Å². The van der Waals surface area contributed by atoms with Gasteiger partial charge in [0, 0.05) is 6.54 Å². The van der Waals surface area contributed by atoms with Crippen molar-refractivity contribution in [2.75, 3.05) is 6.54 Å². The smallest absolute Gasteiger partial charge is 0.123 e. The SMILES string of the molecule is CCCCCCNCc1nc2ccccc2n1CC. The Hall–Kier alpha value is -1.35. The van der Waals surface area contributed by atoms with Crippen molar-refractivity contribution in [3.63, 3.8) is 0 Å². The van der Waals surface area contributed by atoms with Crippen LogP contribution in [0, 0.1) is 0 Å². The van der Waals surface area contributed by atoms with Gasteiger partial charge in [-0.2, -0.15) is 0 Å². The Morgan fingerprint density at radius 2 is 1.95 bits per heavy atom. The number of para-hydroxylation sites is 2. The molecule has 0 radical (unpaired) electrons. The monoisotopic (exact) mass is 259 g/mol. The predicted octanol–water partition coefficient (Wildman–Crippen LogP) is 3.73. The van der Waals surface area contributed by atoms with Crippen LogP contribution in [0.25, 0.3) is 11.0 Å². The maximum atomic E-state index is 4.72. The Labute approximate surface area is 116 Å². The molecule has 0 saturated heterocycles. The van der Waals surface area contributed by atoms with Gasteiger partial charge >= 0.3 is 0 Å². The second-order valence-electron chi connectivity index (χ2n) is 5.00. The Kier molecular flexibility index (Phi) is 5.40. The summed E-state index contributed by atoms with van der Waals surface area (Å²) in [5, 5.41) is 3.51. The average Bonchev–Trinajstić information content (AvgIpc) is 2.80. The first-order valence-electron chi connectivity index (χ1n) is 7.51. The van der Waals surface area contributed by atoms with Gasteiger partial charge in [-0.3, -0.25) is 0 Å². The molecule has 0 aliphatic heterocycles. The number of hydrogen-bond donors (Lipinski definition) is 1. The van der Waals surface area contributed by atoms with Gasteiger partial charge < -0.3 is 9.88 Å². The highest BCUT2D eigenvalue weighted by atomic mass is 15.1. The van der Waals surface area contributed by atoms with E-state index < -0.39 is 0 Å². The molecule has 0 aliphatic rings. The number of fused-ring (bicyclic) bond motifs is 1. The zero-order chi connectivity index (χ0) is 13.5. The third-order valence-electron chi connectivity index (χ3n) is 3.54. The van der Waals surface area contributed by atoms with Crippen LogP contribution in [0.15, 0.2) is 24.3 Å².